The van der Waals surface area contributed by atoms with Crippen molar-refractivity contribution in [1.82, 2.24) is 14.7 Å². The molecule has 0 radical (unpaired) electrons. The summed E-state index contributed by atoms with van der Waals surface area (Å²) < 4.78 is 6.27. The van der Waals surface area contributed by atoms with Crippen LogP contribution < -0.4 is 5.73 Å². The number of nitrogen functional groups attached to an aromatic ring is 1. The lowest BCUT2D eigenvalue weighted by Crippen LogP contribution is -2.42. The summed E-state index contributed by atoms with van der Waals surface area (Å²) in [5, 5.41) is 3.92. The molecule has 0 aliphatic rings. The number of carbonyl (C=O) groups excluding carboxylic acids is 2. The van der Waals surface area contributed by atoms with E-state index >= 15 is 0 Å². The number of esters is 1. The van der Waals surface area contributed by atoms with Gasteiger partial charge in [0.15, 0.2) is 0 Å². The zero-order chi connectivity index (χ0) is 14.6. The van der Waals surface area contributed by atoms with Crippen LogP contribution in [-0.2, 0) is 16.6 Å². The third-order valence-corrected chi connectivity index (χ3v) is 2.66. The van der Waals surface area contributed by atoms with Crippen molar-refractivity contribution < 1.29 is 14.3 Å². The Morgan fingerprint density at radius 1 is 1.53 bits per heavy atom. The second-order valence-electron chi connectivity index (χ2n) is 4.40. The van der Waals surface area contributed by atoms with E-state index in [1.807, 2.05) is 13.8 Å². The molecule has 1 aromatic rings. The van der Waals surface area contributed by atoms with Crippen LogP contribution in [0.15, 0.2) is 6.20 Å². The van der Waals surface area contributed by atoms with E-state index < -0.39 is 5.97 Å². The Kier molecular flexibility index (Phi) is 4.91. The summed E-state index contributed by atoms with van der Waals surface area (Å²) in [6.45, 7) is 5.55. The zero-order valence-corrected chi connectivity index (χ0v) is 11.7. The maximum atomic E-state index is 12.4. The molecule has 19 heavy (non-hydrogen) atoms. The Labute approximate surface area is 112 Å². The highest BCUT2D eigenvalue weighted by molar-refractivity contribution is 5.98. The van der Waals surface area contributed by atoms with Gasteiger partial charge in [-0.3, -0.25) is 14.3 Å². The lowest BCUT2D eigenvalue weighted by atomic mass is 10.2. The van der Waals surface area contributed by atoms with Gasteiger partial charge in [-0.05, 0) is 20.8 Å². The van der Waals surface area contributed by atoms with E-state index in [1.165, 1.54) is 15.8 Å². The van der Waals surface area contributed by atoms with Crippen LogP contribution in [0, 0.1) is 0 Å². The van der Waals surface area contributed by atoms with Gasteiger partial charge in [0.1, 0.15) is 12.2 Å². The topological polar surface area (TPSA) is 90.4 Å². The van der Waals surface area contributed by atoms with Crippen LogP contribution >= 0.6 is 0 Å². The largest absolute Gasteiger partial charge is 0.465 e. The van der Waals surface area contributed by atoms with Crippen molar-refractivity contribution >= 4 is 17.6 Å². The molecule has 0 aliphatic heterocycles. The second kappa shape index (κ2) is 6.21. The van der Waals surface area contributed by atoms with Crippen LogP contribution in [0.2, 0.25) is 0 Å². The van der Waals surface area contributed by atoms with Gasteiger partial charge in [0.2, 0.25) is 0 Å². The second-order valence-corrected chi connectivity index (χ2v) is 4.40. The van der Waals surface area contributed by atoms with Crippen molar-refractivity contribution in [2.24, 2.45) is 7.05 Å². The molecule has 1 amide bonds. The fraction of sp³-hybridized carbons (Fsp3) is 0.583. The standard InChI is InChI=1S/C12H20N4O3/c1-5-19-10(17)7-16(8(2)3)12(18)11-9(13)6-14-15(11)4/h6,8H,5,7,13H2,1-4H3. The lowest BCUT2D eigenvalue weighted by Gasteiger charge is -2.25. The van der Waals surface area contributed by atoms with Crippen molar-refractivity contribution in [1.29, 1.82) is 0 Å². The van der Waals surface area contributed by atoms with E-state index in [-0.39, 0.29) is 30.8 Å². The number of ether oxygens (including phenoxy) is 1. The number of rotatable bonds is 5. The average Bonchev–Trinajstić information content (AvgIpc) is 2.65. The van der Waals surface area contributed by atoms with Crippen LogP contribution in [0.25, 0.3) is 0 Å². The summed E-state index contributed by atoms with van der Waals surface area (Å²) in [5.41, 5.74) is 6.29. The molecular formula is C12H20N4O3. The average molecular weight is 268 g/mol. The van der Waals surface area contributed by atoms with Gasteiger partial charge in [0.25, 0.3) is 5.91 Å². The molecule has 0 atom stereocenters. The highest BCUT2D eigenvalue weighted by atomic mass is 16.5. The molecule has 0 unspecified atom stereocenters. The molecule has 7 nitrogen and oxygen atoms in total. The monoisotopic (exact) mass is 268 g/mol. The maximum Gasteiger partial charge on any atom is 0.325 e. The predicted molar refractivity (Wildman–Crippen MR) is 70.4 cm³/mol. The molecular weight excluding hydrogens is 248 g/mol. The smallest absolute Gasteiger partial charge is 0.325 e. The van der Waals surface area contributed by atoms with Crippen LogP contribution in [0.5, 0.6) is 0 Å². The van der Waals surface area contributed by atoms with E-state index in [0.717, 1.165) is 0 Å². The van der Waals surface area contributed by atoms with Gasteiger partial charge in [-0.1, -0.05) is 0 Å². The Balaban J connectivity index is 2.94. The molecule has 7 heteroatoms. The SMILES string of the molecule is CCOC(=O)CN(C(=O)c1c(N)cnn1C)C(C)C. The van der Waals surface area contributed by atoms with Crippen LogP contribution in [0.3, 0.4) is 0 Å². The van der Waals surface area contributed by atoms with Crippen molar-refractivity contribution in [3.05, 3.63) is 11.9 Å². The van der Waals surface area contributed by atoms with E-state index in [4.69, 9.17) is 10.5 Å². The number of hydrogen-bond donors (Lipinski definition) is 1. The normalized spacial score (nSPS) is 10.6. The van der Waals surface area contributed by atoms with Gasteiger partial charge in [-0.2, -0.15) is 5.10 Å². The number of hydrogen-bond acceptors (Lipinski definition) is 5. The number of amides is 1. The summed E-state index contributed by atoms with van der Waals surface area (Å²) in [7, 11) is 1.63. The minimum atomic E-state index is -0.440. The Morgan fingerprint density at radius 3 is 2.58 bits per heavy atom. The number of nitrogens with zero attached hydrogens (tertiary/aromatic N) is 3. The molecule has 106 valence electrons. The summed E-state index contributed by atoms with van der Waals surface area (Å²) >= 11 is 0. The number of nitrogens with two attached hydrogens (primary N) is 1. The van der Waals surface area contributed by atoms with E-state index in [2.05, 4.69) is 5.10 Å². The molecule has 1 rings (SSSR count). The molecule has 0 aliphatic carbocycles. The van der Waals surface area contributed by atoms with Gasteiger partial charge in [-0.25, -0.2) is 0 Å². The molecule has 0 spiro atoms. The number of aromatic nitrogens is 2. The van der Waals surface area contributed by atoms with Gasteiger partial charge in [0, 0.05) is 13.1 Å². The summed E-state index contributed by atoms with van der Waals surface area (Å²) in [6.07, 6.45) is 1.41. The zero-order valence-electron chi connectivity index (χ0n) is 11.7. The molecule has 2 N–H and O–H groups in total. The highest BCUT2D eigenvalue weighted by Gasteiger charge is 2.26. The third kappa shape index (κ3) is 3.46. The lowest BCUT2D eigenvalue weighted by molar-refractivity contribution is -0.144. The molecule has 0 saturated carbocycles. The first-order valence-electron chi connectivity index (χ1n) is 6.12. The first kappa shape index (κ1) is 15.0. The minimum absolute atomic E-state index is 0.102. The number of anilines is 1. The number of aryl methyl sites for hydroxylation is 1. The van der Waals surface area contributed by atoms with Gasteiger partial charge < -0.3 is 15.4 Å². The maximum absolute atomic E-state index is 12.4. The van der Waals surface area contributed by atoms with Crippen LogP contribution in [0.1, 0.15) is 31.3 Å². The highest BCUT2D eigenvalue weighted by Crippen LogP contribution is 2.14. The van der Waals surface area contributed by atoms with E-state index in [1.54, 1.807) is 14.0 Å². The first-order chi connectivity index (χ1) is 8.88. The number of carbonyl (C=O) groups is 2. The summed E-state index contributed by atoms with van der Waals surface area (Å²) in [5.74, 6) is -0.772. The van der Waals surface area contributed by atoms with Crippen molar-refractivity contribution in [2.45, 2.75) is 26.8 Å². The summed E-state index contributed by atoms with van der Waals surface area (Å²) in [4.78, 5) is 25.3. The van der Waals surface area contributed by atoms with E-state index in [9.17, 15) is 9.59 Å². The third-order valence-electron chi connectivity index (χ3n) is 2.66. The molecule has 0 bridgehead atoms. The Hall–Kier alpha value is -2.05. The fourth-order valence-corrected chi connectivity index (χ4v) is 1.69. The molecule has 1 heterocycles. The van der Waals surface area contributed by atoms with Crippen molar-refractivity contribution in [3.63, 3.8) is 0 Å². The minimum Gasteiger partial charge on any atom is -0.465 e. The molecule has 0 saturated heterocycles. The van der Waals surface area contributed by atoms with Crippen LogP contribution in [0.4, 0.5) is 5.69 Å². The van der Waals surface area contributed by atoms with Gasteiger partial charge >= 0.3 is 5.97 Å². The first-order valence-corrected chi connectivity index (χ1v) is 6.12. The fourth-order valence-electron chi connectivity index (χ4n) is 1.69. The van der Waals surface area contributed by atoms with Gasteiger partial charge in [-0.15, -0.1) is 0 Å². The molecule has 0 fully saturated rings. The van der Waals surface area contributed by atoms with Crippen LogP contribution in [-0.4, -0.2) is 45.8 Å². The Morgan fingerprint density at radius 2 is 2.16 bits per heavy atom. The predicted octanol–water partition coefficient (Wildman–Crippen LogP) is 0.416. The Bertz CT molecular complexity index is 448. The summed E-state index contributed by atoms with van der Waals surface area (Å²) in [6, 6.07) is -0.147. The van der Waals surface area contributed by atoms with Crippen molar-refractivity contribution in [3.8, 4) is 0 Å². The quantitative estimate of drug-likeness (QED) is 0.781. The van der Waals surface area contributed by atoms with E-state index in [0.29, 0.717) is 5.69 Å². The van der Waals surface area contributed by atoms with Crippen molar-refractivity contribution in [2.75, 3.05) is 18.9 Å². The van der Waals surface area contributed by atoms with Gasteiger partial charge in [0.05, 0.1) is 18.5 Å². The molecule has 0 aromatic carbocycles. The molecule has 1 aromatic heterocycles.